The maximum atomic E-state index is 14.2. The van der Waals surface area contributed by atoms with E-state index in [1.807, 2.05) is 6.07 Å². The van der Waals surface area contributed by atoms with E-state index in [9.17, 15) is 19.4 Å². The number of nitrogens with zero attached hydrogens (tertiary/aromatic N) is 3. The minimum absolute atomic E-state index is 0.0129. The van der Waals surface area contributed by atoms with Gasteiger partial charge in [0, 0.05) is 24.5 Å². The number of pyridine rings is 2. The highest BCUT2D eigenvalue weighted by Crippen LogP contribution is 2.31. The van der Waals surface area contributed by atoms with Crippen LogP contribution in [0.5, 0.6) is 0 Å². The van der Waals surface area contributed by atoms with Crippen LogP contribution in [-0.4, -0.2) is 56.0 Å². The molecule has 5 N–H and O–H groups in total. The molecule has 2 aromatic rings. The van der Waals surface area contributed by atoms with Crippen molar-refractivity contribution in [3.63, 3.8) is 0 Å². The van der Waals surface area contributed by atoms with E-state index in [0.717, 1.165) is 0 Å². The van der Waals surface area contributed by atoms with Crippen LogP contribution in [0, 0.1) is 11.3 Å². The summed E-state index contributed by atoms with van der Waals surface area (Å²) in [6.07, 6.45) is 3.71. The Hall–Kier alpha value is -3.00. The van der Waals surface area contributed by atoms with E-state index in [0.29, 0.717) is 48.6 Å². The fourth-order valence-electron chi connectivity index (χ4n) is 3.67. The maximum absolute atomic E-state index is 14.2. The first-order valence-electron chi connectivity index (χ1n) is 11.3. The summed E-state index contributed by atoms with van der Waals surface area (Å²) in [5, 5.41) is 38.1. The average Bonchev–Trinajstić information content (AvgIpc) is 2.79. The fraction of sp³-hybridized carbons (Fsp3) is 0.500. The quantitative estimate of drug-likeness (QED) is 0.366. The second kappa shape index (κ2) is 10.7. The lowest BCUT2D eigenvalue weighted by molar-refractivity contribution is -0.00178. The number of nitrogens with one attached hydrogen (secondary N) is 3. The molecule has 9 nitrogen and oxygen atoms in total. The molecule has 1 amide bonds. The van der Waals surface area contributed by atoms with Crippen LogP contribution in [0.25, 0.3) is 0 Å². The van der Waals surface area contributed by atoms with E-state index in [1.165, 1.54) is 32.3 Å². The van der Waals surface area contributed by atoms with Gasteiger partial charge < -0.3 is 26.2 Å². The van der Waals surface area contributed by atoms with Crippen LogP contribution in [-0.2, 0) is 0 Å². The molecule has 0 radical (unpaired) electrons. The molecule has 2 heterocycles. The van der Waals surface area contributed by atoms with Crippen LogP contribution in [0.15, 0.2) is 24.5 Å². The van der Waals surface area contributed by atoms with Crippen LogP contribution >= 0.6 is 11.6 Å². The van der Waals surface area contributed by atoms with E-state index >= 15 is 0 Å². The molecule has 1 aliphatic carbocycles. The van der Waals surface area contributed by atoms with Gasteiger partial charge in [0.2, 0.25) is 0 Å². The Morgan fingerprint density at radius 2 is 2.03 bits per heavy atom. The monoisotopic (exact) mass is 504 g/mol. The molecule has 2 aromatic heterocycles. The molecule has 1 atom stereocenters. The van der Waals surface area contributed by atoms with Crippen molar-refractivity contribution >= 4 is 34.8 Å². The molecule has 1 saturated carbocycles. The number of nitriles is 1. The minimum Gasteiger partial charge on any atom is -0.390 e. The minimum atomic E-state index is -1.65. The molecule has 0 saturated heterocycles. The maximum Gasteiger partial charge on any atom is 0.255 e. The molecule has 0 bridgehead atoms. The summed E-state index contributed by atoms with van der Waals surface area (Å²) in [4.78, 5) is 21.3. The summed E-state index contributed by atoms with van der Waals surface area (Å²) in [7, 11) is 0. The summed E-state index contributed by atoms with van der Waals surface area (Å²) in [5.74, 6) is 0.0992. The van der Waals surface area contributed by atoms with E-state index in [4.69, 9.17) is 16.9 Å². The van der Waals surface area contributed by atoms with Gasteiger partial charge in [0.1, 0.15) is 23.9 Å². The van der Waals surface area contributed by atoms with Gasteiger partial charge in [0.05, 0.1) is 39.6 Å². The normalized spacial score (nSPS) is 21.0. The second-order valence-electron chi connectivity index (χ2n) is 9.65. The highest BCUT2D eigenvalue weighted by atomic mass is 35.5. The third-order valence-corrected chi connectivity index (χ3v) is 6.28. The van der Waals surface area contributed by atoms with Gasteiger partial charge in [0.15, 0.2) is 0 Å². The van der Waals surface area contributed by atoms with Crippen molar-refractivity contribution < 1.29 is 19.4 Å². The number of halogens is 2. The molecule has 0 aliphatic heterocycles. The van der Waals surface area contributed by atoms with Crippen LogP contribution in [0.1, 0.15) is 62.4 Å². The molecule has 3 rings (SSSR count). The van der Waals surface area contributed by atoms with Gasteiger partial charge in [0.25, 0.3) is 5.91 Å². The van der Waals surface area contributed by atoms with E-state index in [-0.39, 0.29) is 23.2 Å². The van der Waals surface area contributed by atoms with Crippen LogP contribution in [0.4, 0.5) is 21.7 Å². The molecule has 0 aromatic carbocycles. The lowest BCUT2D eigenvalue weighted by atomic mass is 9.83. The average molecular weight is 505 g/mol. The zero-order valence-electron chi connectivity index (χ0n) is 19.9. The van der Waals surface area contributed by atoms with E-state index < -0.39 is 23.3 Å². The van der Waals surface area contributed by atoms with Crippen molar-refractivity contribution in [1.82, 2.24) is 15.3 Å². The molecule has 1 aliphatic rings. The third kappa shape index (κ3) is 7.24. The molecule has 188 valence electrons. The summed E-state index contributed by atoms with van der Waals surface area (Å²) < 4.78 is 14.2. The Morgan fingerprint density at radius 3 is 2.63 bits per heavy atom. The van der Waals surface area contributed by atoms with Crippen LogP contribution in [0.2, 0.25) is 5.02 Å². The van der Waals surface area contributed by atoms with Gasteiger partial charge in [-0.25, -0.2) is 14.4 Å². The van der Waals surface area contributed by atoms with E-state index in [1.54, 1.807) is 13.0 Å². The van der Waals surface area contributed by atoms with Crippen LogP contribution < -0.4 is 16.0 Å². The van der Waals surface area contributed by atoms with Crippen molar-refractivity contribution in [2.75, 3.05) is 17.2 Å². The summed E-state index contributed by atoms with van der Waals surface area (Å²) in [6, 6.07) is 5.08. The van der Waals surface area contributed by atoms with Gasteiger partial charge in [-0.2, -0.15) is 5.26 Å². The number of rotatable bonds is 8. The molecule has 0 spiro atoms. The third-order valence-electron chi connectivity index (χ3n) is 6.00. The molecular weight excluding hydrogens is 475 g/mol. The number of carbonyl (C=O) groups is 1. The van der Waals surface area contributed by atoms with Gasteiger partial charge >= 0.3 is 0 Å². The Kier molecular flexibility index (Phi) is 8.15. The first-order chi connectivity index (χ1) is 16.4. The van der Waals surface area contributed by atoms with Crippen molar-refractivity contribution in [1.29, 1.82) is 5.26 Å². The number of aliphatic hydroxyl groups is 2. The predicted octanol–water partition coefficient (Wildman–Crippen LogP) is 3.69. The first kappa shape index (κ1) is 26.6. The molecule has 35 heavy (non-hydrogen) atoms. The number of hydrogen-bond donors (Lipinski definition) is 5. The van der Waals surface area contributed by atoms with Gasteiger partial charge in [-0.15, -0.1) is 0 Å². The summed E-state index contributed by atoms with van der Waals surface area (Å²) >= 11 is 6.21. The highest BCUT2D eigenvalue weighted by Gasteiger charge is 2.30. The zero-order chi connectivity index (χ0) is 25.8. The molecule has 0 unspecified atom stereocenters. The van der Waals surface area contributed by atoms with Crippen molar-refractivity contribution in [3.05, 3.63) is 40.7 Å². The first-order valence-corrected chi connectivity index (χ1v) is 11.7. The lowest BCUT2D eigenvalue weighted by Crippen LogP contribution is -2.42. The molecule has 1 fully saturated rings. The van der Waals surface area contributed by atoms with Gasteiger partial charge in [-0.05, 0) is 52.5 Å². The molecule has 11 heteroatoms. The van der Waals surface area contributed by atoms with Crippen LogP contribution in [0.3, 0.4) is 0 Å². The Labute approximate surface area is 208 Å². The number of anilines is 3. The number of amides is 1. The predicted molar refractivity (Wildman–Crippen MR) is 132 cm³/mol. The largest absolute Gasteiger partial charge is 0.390 e. The van der Waals surface area contributed by atoms with Crippen molar-refractivity contribution in [2.24, 2.45) is 0 Å². The number of hydrogen-bond acceptors (Lipinski definition) is 8. The lowest BCUT2D eigenvalue weighted by Gasteiger charge is -2.34. The van der Waals surface area contributed by atoms with E-state index in [2.05, 4.69) is 25.9 Å². The highest BCUT2D eigenvalue weighted by molar-refractivity contribution is 6.33. The SMILES string of the molecule is CC1(O)CCC(Nc2cc(Nc3ncc(C#N)cc3Cl)ncc2C(=O)NC[C@@H](F)C(C)(C)O)CC1. The standard InChI is InChI=1S/C24H30ClFN6O3/c1-23(2,34)19(26)13-30-22(33)16-12-28-20(32-21-17(25)8-14(10-27)11-29-21)9-18(16)31-15-4-6-24(3,35)7-5-15/h8-9,11-12,15,19,34-35H,4-7,13H2,1-3H3,(H,30,33)(H2,28,29,31,32)/t15?,19-,24?/m1/s1. The Balaban J connectivity index is 1.83. The van der Waals surface area contributed by atoms with Gasteiger partial charge in [-0.1, -0.05) is 11.6 Å². The zero-order valence-corrected chi connectivity index (χ0v) is 20.7. The summed E-state index contributed by atoms with van der Waals surface area (Å²) in [6.45, 7) is 4.11. The molecular formula is C24H30ClFN6O3. The number of alkyl halides is 1. The second-order valence-corrected chi connectivity index (χ2v) is 10.1. The Bertz CT molecular complexity index is 1110. The fourth-order valence-corrected chi connectivity index (χ4v) is 3.88. The summed E-state index contributed by atoms with van der Waals surface area (Å²) in [5.41, 5.74) is -1.32. The van der Waals surface area contributed by atoms with Gasteiger partial charge in [-0.3, -0.25) is 4.79 Å². The smallest absolute Gasteiger partial charge is 0.255 e. The number of carbonyl (C=O) groups excluding carboxylic acids is 1. The topological polar surface area (TPSA) is 143 Å². The van der Waals surface area contributed by atoms with Crippen molar-refractivity contribution in [3.8, 4) is 6.07 Å². The Morgan fingerprint density at radius 1 is 1.34 bits per heavy atom. The number of aromatic nitrogens is 2. The van der Waals surface area contributed by atoms with Crippen molar-refractivity contribution in [2.45, 2.75) is 69.9 Å².